The monoisotopic (exact) mass is 397 g/mol. The minimum absolute atomic E-state index is 0.236. The molecule has 2 aliphatic heterocycles. The molecule has 0 saturated carbocycles. The van der Waals surface area contributed by atoms with Gasteiger partial charge in [-0.1, -0.05) is 53.2 Å². The maximum absolute atomic E-state index is 13.8. The van der Waals surface area contributed by atoms with E-state index in [9.17, 15) is 4.79 Å². The molecule has 4 rings (SSSR count). The maximum Gasteiger partial charge on any atom is 0.174 e. The molecule has 0 N–H and O–H groups in total. The number of hydrogen-bond donors (Lipinski definition) is 0. The number of ketones is 1. The summed E-state index contributed by atoms with van der Waals surface area (Å²) in [5.74, 6) is 0.236. The molecule has 0 aliphatic carbocycles. The smallest absolute Gasteiger partial charge is 0.174 e. The lowest BCUT2D eigenvalue weighted by molar-refractivity contribution is 0.0774. The van der Waals surface area contributed by atoms with E-state index < -0.39 is 5.41 Å². The van der Waals surface area contributed by atoms with Crippen LogP contribution in [0.4, 0.5) is 0 Å². The average molecular weight is 398 g/mol. The van der Waals surface area contributed by atoms with Gasteiger partial charge in [-0.15, -0.1) is 0 Å². The van der Waals surface area contributed by atoms with Crippen LogP contribution >= 0.6 is 23.4 Å². The summed E-state index contributed by atoms with van der Waals surface area (Å²) in [6.45, 7) is 7.12. The number of piperidine rings is 1. The number of nitrogens with zero attached hydrogens (tertiary/aromatic N) is 1. The Morgan fingerprint density at radius 3 is 2.67 bits per heavy atom. The molecule has 0 radical (unpaired) electrons. The van der Waals surface area contributed by atoms with Crippen LogP contribution in [0.3, 0.4) is 0 Å². The van der Waals surface area contributed by atoms with Crippen LogP contribution in [0.15, 0.2) is 63.9 Å². The predicted octanol–water partition coefficient (Wildman–Crippen LogP) is 5.99. The van der Waals surface area contributed by atoms with E-state index in [2.05, 4.69) is 49.1 Å². The highest BCUT2D eigenvalue weighted by molar-refractivity contribution is 7.99. The molecule has 2 aliphatic rings. The van der Waals surface area contributed by atoms with Crippen molar-refractivity contribution in [2.75, 3.05) is 19.6 Å². The summed E-state index contributed by atoms with van der Waals surface area (Å²) in [7, 11) is 0. The fraction of sp³-hybridized carbons (Fsp3) is 0.348. The molecule has 2 aromatic carbocycles. The van der Waals surface area contributed by atoms with Gasteiger partial charge in [0.25, 0.3) is 0 Å². The second kappa shape index (κ2) is 7.46. The number of allylic oxidation sites excluding steroid dienone is 1. The van der Waals surface area contributed by atoms with Gasteiger partial charge in [-0.05, 0) is 69.6 Å². The summed E-state index contributed by atoms with van der Waals surface area (Å²) < 4.78 is 0. The highest BCUT2D eigenvalue weighted by Gasteiger charge is 2.46. The van der Waals surface area contributed by atoms with Crippen molar-refractivity contribution < 1.29 is 4.79 Å². The van der Waals surface area contributed by atoms with Gasteiger partial charge >= 0.3 is 0 Å². The number of carbonyl (C=O) groups excluding carboxylic acids is 1. The molecule has 27 heavy (non-hydrogen) atoms. The molecule has 140 valence electrons. The maximum atomic E-state index is 13.8. The van der Waals surface area contributed by atoms with E-state index in [1.54, 1.807) is 11.8 Å². The van der Waals surface area contributed by atoms with E-state index in [1.807, 2.05) is 18.2 Å². The Bertz CT molecular complexity index is 912. The molecule has 0 bridgehead atoms. The summed E-state index contributed by atoms with van der Waals surface area (Å²) in [6, 6.07) is 14.2. The van der Waals surface area contributed by atoms with E-state index in [0.717, 1.165) is 42.9 Å². The number of carbonyl (C=O) groups is 1. The van der Waals surface area contributed by atoms with E-state index in [0.29, 0.717) is 5.02 Å². The Balaban J connectivity index is 1.76. The van der Waals surface area contributed by atoms with Crippen molar-refractivity contribution in [3.63, 3.8) is 0 Å². The molecule has 0 atom stereocenters. The molecule has 2 aromatic rings. The molecule has 0 unspecified atom stereocenters. The molecular weight excluding hydrogens is 374 g/mol. The van der Waals surface area contributed by atoms with Crippen LogP contribution in [0, 0.1) is 0 Å². The van der Waals surface area contributed by atoms with Crippen LogP contribution in [0.2, 0.25) is 5.02 Å². The van der Waals surface area contributed by atoms with Gasteiger partial charge in [0.15, 0.2) is 5.78 Å². The van der Waals surface area contributed by atoms with Gasteiger partial charge in [0.1, 0.15) is 0 Å². The van der Waals surface area contributed by atoms with Gasteiger partial charge < -0.3 is 0 Å². The Hall–Kier alpha value is -1.55. The Labute approximate surface area is 170 Å². The Kier molecular flexibility index (Phi) is 5.19. The first-order valence-corrected chi connectivity index (χ1v) is 10.7. The summed E-state index contributed by atoms with van der Waals surface area (Å²) in [5, 5.41) is 0.630. The zero-order valence-corrected chi connectivity index (χ0v) is 17.4. The Morgan fingerprint density at radius 2 is 1.93 bits per heavy atom. The van der Waals surface area contributed by atoms with Crippen molar-refractivity contribution in [1.82, 2.24) is 4.90 Å². The lowest BCUT2D eigenvalue weighted by Gasteiger charge is -2.41. The van der Waals surface area contributed by atoms with E-state index >= 15 is 0 Å². The second-order valence-electron chi connectivity index (χ2n) is 7.56. The first-order valence-electron chi connectivity index (χ1n) is 9.49. The van der Waals surface area contributed by atoms with Gasteiger partial charge in [-0.3, -0.25) is 9.69 Å². The number of benzene rings is 2. The molecule has 1 spiro atoms. The van der Waals surface area contributed by atoms with Gasteiger partial charge in [-0.2, -0.15) is 0 Å². The number of rotatable bonds is 2. The zero-order chi connectivity index (χ0) is 19.0. The quantitative estimate of drug-likeness (QED) is 0.580. The SMILES string of the molecule is CC=C(C)CN1CCC2(CC1)C(=O)c1cc(Cl)ccc1Sc1ccccc12. The van der Waals surface area contributed by atoms with Crippen molar-refractivity contribution in [1.29, 1.82) is 0 Å². The first kappa shape index (κ1) is 18.8. The summed E-state index contributed by atoms with van der Waals surface area (Å²) in [6.07, 6.45) is 3.88. The predicted molar refractivity (Wildman–Crippen MR) is 113 cm³/mol. The third-order valence-electron chi connectivity index (χ3n) is 5.92. The second-order valence-corrected chi connectivity index (χ2v) is 9.08. The van der Waals surface area contributed by atoms with Crippen LogP contribution in [0.1, 0.15) is 42.6 Å². The molecular formula is C23H24ClNOS. The Morgan fingerprint density at radius 1 is 1.19 bits per heavy atom. The third kappa shape index (κ3) is 3.37. The third-order valence-corrected chi connectivity index (χ3v) is 7.31. The molecule has 1 saturated heterocycles. The fourth-order valence-electron chi connectivity index (χ4n) is 4.25. The van der Waals surface area contributed by atoms with Crippen molar-refractivity contribution in [2.24, 2.45) is 0 Å². The molecule has 4 heteroatoms. The van der Waals surface area contributed by atoms with Gasteiger partial charge in [0.2, 0.25) is 0 Å². The van der Waals surface area contributed by atoms with Crippen molar-refractivity contribution >= 4 is 29.1 Å². The van der Waals surface area contributed by atoms with Crippen LogP contribution in [0.25, 0.3) is 0 Å². The number of fused-ring (bicyclic) bond motifs is 3. The molecule has 2 heterocycles. The van der Waals surface area contributed by atoms with Gasteiger partial charge in [0, 0.05) is 26.9 Å². The van der Waals surface area contributed by atoms with E-state index in [4.69, 9.17) is 11.6 Å². The van der Waals surface area contributed by atoms with Crippen molar-refractivity contribution in [3.05, 3.63) is 70.3 Å². The normalized spacial score (nSPS) is 19.5. The zero-order valence-electron chi connectivity index (χ0n) is 15.8. The van der Waals surface area contributed by atoms with Gasteiger partial charge in [0.05, 0.1) is 5.41 Å². The van der Waals surface area contributed by atoms with Crippen LogP contribution in [-0.4, -0.2) is 30.3 Å². The highest BCUT2D eigenvalue weighted by Crippen LogP contribution is 2.49. The molecule has 1 fully saturated rings. The van der Waals surface area contributed by atoms with Crippen LogP contribution in [0.5, 0.6) is 0 Å². The summed E-state index contributed by atoms with van der Waals surface area (Å²) in [5.41, 5.74) is 2.91. The van der Waals surface area contributed by atoms with E-state index in [1.165, 1.54) is 16.0 Å². The molecule has 0 aromatic heterocycles. The minimum atomic E-state index is -0.445. The van der Waals surface area contributed by atoms with E-state index in [-0.39, 0.29) is 5.78 Å². The van der Waals surface area contributed by atoms with Crippen molar-refractivity contribution in [3.8, 4) is 0 Å². The number of Topliss-reactive ketones (excluding diaryl/α,β-unsaturated/α-hetero) is 1. The number of likely N-dealkylation sites (tertiary alicyclic amines) is 1. The first-order chi connectivity index (χ1) is 13.0. The lowest BCUT2D eigenvalue weighted by atomic mass is 9.68. The van der Waals surface area contributed by atoms with Gasteiger partial charge in [-0.25, -0.2) is 0 Å². The number of halogens is 1. The van der Waals surface area contributed by atoms with Crippen LogP contribution < -0.4 is 0 Å². The minimum Gasteiger partial charge on any atom is -0.299 e. The largest absolute Gasteiger partial charge is 0.299 e. The average Bonchev–Trinajstić information content (AvgIpc) is 2.78. The topological polar surface area (TPSA) is 20.3 Å². The standard InChI is InChI=1S/C23H24ClNOS/c1-3-16(2)15-25-12-10-23(11-13-25)19-6-4-5-7-21(19)27-20-9-8-17(24)14-18(20)22(23)26/h3-9,14H,10-13,15H2,1-2H3. The lowest BCUT2D eigenvalue weighted by Crippen LogP contribution is -2.47. The molecule has 0 amide bonds. The summed E-state index contributed by atoms with van der Waals surface area (Å²) >= 11 is 7.95. The van der Waals surface area contributed by atoms with Crippen molar-refractivity contribution in [2.45, 2.75) is 41.9 Å². The van der Waals surface area contributed by atoms with Crippen LogP contribution in [-0.2, 0) is 5.41 Å². The molecule has 2 nitrogen and oxygen atoms in total. The summed E-state index contributed by atoms with van der Waals surface area (Å²) in [4.78, 5) is 18.5. The fourth-order valence-corrected chi connectivity index (χ4v) is 5.58. The number of hydrogen-bond acceptors (Lipinski definition) is 3. The highest BCUT2D eigenvalue weighted by atomic mass is 35.5.